The second-order valence-corrected chi connectivity index (χ2v) is 7.25. The van der Waals surface area contributed by atoms with Gasteiger partial charge in [-0.3, -0.25) is 4.79 Å². The molecule has 0 atom stereocenters. The van der Waals surface area contributed by atoms with E-state index in [0.29, 0.717) is 18.8 Å². The summed E-state index contributed by atoms with van der Waals surface area (Å²) in [6, 6.07) is 3.52. The van der Waals surface area contributed by atoms with Gasteiger partial charge in [0, 0.05) is 18.8 Å². The number of carbonyl (C=O) groups is 1. The number of nitrogens with zero attached hydrogens (tertiary/aromatic N) is 1. The van der Waals surface area contributed by atoms with E-state index in [-0.39, 0.29) is 10.8 Å². The first-order chi connectivity index (χ1) is 9.90. The van der Waals surface area contributed by atoms with Crippen LogP contribution in [-0.4, -0.2) is 40.6 Å². The van der Waals surface area contributed by atoms with Gasteiger partial charge in [0.05, 0.1) is 18.8 Å². The molecule has 6 nitrogen and oxygen atoms in total. The van der Waals surface area contributed by atoms with Gasteiger partial charge in [-0.1, -0.05) is 13.8 Å². The zero-order valence-electron chi connectivity index (χ0n) is 12.0. The molecule has 0 unspecified atom stereocenters. The molecule has 0 aliphatic carbocycles. The van der Waals surface area contributed by atoms with E-state index in [2.05, 4.69) is 9.62 Å². The summed E-state index contributed by atoms with van der Waals surface area (Å²) < 4.78 is 31.6. The minimum atomic E-state index is -3.73. The van der Waals surface area contributed by atoms with Crippen LogP contribution in [0, 0.1) is 0 Å². The van der Waals surface area contributed by atoms with Crippen molar-refractivity contribution in [2.24, 2.45) is 0 Å². The third-order valence-electron chi connectivity index (χ3n) is 3.86. The number of fused-ring (bicyclic) bond motifs is 1. The SMILES string of the molecule is CC(C)c1cc(N2CCOCC2)cc2c1C(=O)NS2(=O)=O. The Bertz CT molecular complexity index is 691. The van der Waals surface area contributed by atoms with Crippen molar-refractivity contribution in [3.63, 3.8) is 0 Å². The average molecular weight is 310 g/mol. The quantitative estimate of drug-likeness (QED) is 0.884. The van der Waals surface area contributed by atoms with Crippen molar-refractivity contribution in [2.75, 3.05) is 31.2 Å². The second-order valence-electron chi connectivity index (χ2n) is 5.60. The molecule has 3 rings (SSSR count). The number of nitrogens with one attached hydrogen (secondary N) is 1. The molecule has 2 heterocycles. The largest absolute Gasteiger partial charge is 0.378 e. The number of amides is 1. The van der Waals surface area contributed by atoms with Crippen molar-refractivity contribution in [3.05, 3.63) is 23.3 Å². The molecule has 0 saturated carbocycles. The molecule has 2 aliphatic rings. The van der Waals surface area contributed by atoms with Crippen LogP contribution in [0.25, 0.3) is 0 Å². The third-order valence-corrected chi connectivity index (χ3v) is 5.21. The fourth-order valence-electron chi connectivity index (χ4n) is 2.76. The van der Waals surface area contributed by atoms with Crippen LogP contribution in [0.3, 0.4) is 0 Å². The number of benzene rings is 1. The summed E-state index contributed by atoms with van der Waals surface area (Å²) in [6.45, 7) is 6.60. The van der Waals surface area contributed by atoms with Crippen molar-refractivity contribution in [1.29, 1.82) is 0 Å². The number of hydrogen-bond donors (Lipinski definition) is 1. The first kappa shape index (κ1) is 14.3. The normalized spacial score (nSPS) is 20.5. The smallest absolute Gasteiger partial charge is 0.266 e. The molecule has 1 aromatic carbocycles. The monoisotopic (exact) mass is 310 g/mol. The molecule has 1 amide bonds. The summed E-state index contributed by atoms with van der Waals surface area (Å²) in [5.74, 6) is -0.457. The lowest BCUT2D eigenvalue weighted by Gasteiger charge is -2.30. The molecule has 0 aromatic heterocycles. The molecule has 0 bridgehead atoms. The van der Waals surface area contributed by atoms with Crippen LogP contribution in [0.1, 0.15) is 35.7 Å². The van der Waals surface area contributed by atoms with E-state index >= 15 is 0 Å². The summed E-state index contributed by atoms with van der Waals surface area (Å²) >= 11 is 0. The summed E-state index contributed by atoms with van der Waals surface area (Å²) in [6.07, 6.45) is 0. The molecule has 2 aliphatic heterocycles. The minimum absolute atomic E-state index is 0.0683. The highest BCUT2D eigenvalue weighted by molar-refractivity contribution is 7.90. The molecule has 1 N–H and O–H groups in total. The van der Waals surface area contributed by atoms with Crippen LogP contribution in [-0.2, 0) is 14.8 Å². The van der Waals surface area contributed by atoms with Crippen LogP contribution in [0.5, 0.6) is 0 Å². The van der Waals surface area contributed by atoms with Crippen molar-refractivity contribution in [1.82, 2.24) is 4.72 Å². The minimum Gasteiger partial charge on any atom is -0.378 e. The number of ether oxygens (including phenoxy) is 1. The first-order valence-corrected chi connectivity index (χ1v) is 8.46. The van der Waals surface area contributed by atoms with Gasteiger partial charge in [0.2, 0.25) is 0 Å². The van der Waals surface area contributed by atoms with Gasteiger partial charge in [-0.15, -0.1) is 0 Å². The Morgan fingerprint density at radius 1 is 1.24 bits per heavy atom. The molecule has 0 spiro atoms. The number of sulfonamides is 1. The van der Waals surface area contributed by atoms with Crippen molar-refractivity contribution >= 4 is 21.6 Å². The Balaban J connectivity index is 2.17. The van der Waals surface area contributed by atoms with E-state index in [1.807, 2.05) is 19.9 Å². The zero-order valence-corrected chi connectivity index (χ0v) is 12.9. The highest BCUT2D eigenvalue weighted by Crippen LogP contribution is 2.34. The van der Waals surface area contributed by atoms with Crippen molar-refractivity contribution in [3.8, 4) is 0 Å². The highest BCUT2D eigenvalue weighted by atomic mass is 32.2. The number of carbonyl (C=O) groups excluding carboxylic acids is 1. The van der Waals surface area contributed by atoms with E-state index < -0.39 is 15.9 Å². The lowest BCUT2D eigenvalue weighted by atomic mass is 9.95. The van der Waals surface area contributed by atoms with Gasteiger partial charge in [0.25, 0.3) is 15.9 Å². The summed E-state index contributed by atoms with van der Waals surface area (Å²) in [5.41, 5.74) is 1.90. The van der Waals surface area contributed by atoms with Crippen LogP contribution in [0.15, 0.2) is 17.0 Å². The molecule has 1 fully saturated rings. The molecule has 114 valence electrons. The highest BCUT2D eigenvalue weighted by Gasteiger charge is 2.36. The Morgan fingerprint density at radius 3 is 2.52 bits per heavy atom. The zero-order chi connectivity index (χ0) is 15.2. The molecular formula is C14H18N2O4S. The van der Waals surface area contributed by atoms with E-state index in [1.165, 1.54) is 0 Å². The molecule has 21 heavy (non-hydrogen) atoms. The van der Waals surface area contributed by atoms with Crippen LogP contribution < -0.4 is 9.62 Å². The van der Waals surface area contributed by atoms with Gasteiger partial charge < -0.3 is 9.64 Å². The van der Waals surface area contributed by atoms with E-state index in [4.69, 9.17) is 4.74 Å². The fraction of sp³-hybridized carbons (Fsp3) is 0.500. The fourth-order valence-corrected chi connectivity index (χ4v) is 3.98. The Morgan fingerprint density at radius 2 is 1.90 bits per heavy atom. The van der Waals surface area contributed by atoms with Crippen molar-refractivity contribution < 1.29 is 17.9 Å². The Hall–Kier alpha value is -1.60. The number of hydrogen-bond acceptors (Lipinski definition) is 5. The van der Waals surface area contributed by atoms with Crippen LogP contribution >= 0.6 is 0 Å². The predicted molar refractivity (Wildman–Crippen MR) is 78.2 cm³/mol. The lowest BCUT2D eigenvalue weighted by Crippen LogP contribution is -2.36. The van der Waals surface area contributed by atoms with Gasteiger partial charge in [0.15, 0.2) is 0 Å². The molecule has 1 saturated heterocycles. The summed E-state index contributed by atoms with van der Waals surface area (Å²) in [5, 5.41) is 0. The predicted octanol–water partition coefficient (Wildman–Crippen LogP) is 1.08. The van der Waals surface area contributed by atoms with Crippen LogP contribution in [0.4, 0.5) is 5.69 Å². The number of rotatable bonds is 2. The van der Waals surface area contributed by atoms with E-state index in [9.17, 15) is 13.2 Å². The topological polar surface area (TPSA) is 75.7 Å². The number of anilines is 1. The summed E-state index contributed by atoms with van der Waals surface area (Å²) in [7, 11) is -3.73. The van der Waals surface area contributed by atoms with Crippen LogP contribution in [0.2, 0.25) is 0 Å². The molecule has 7 heteroatoms. The maximum absolute atomic E-state index is 12.1. The third kappa shape index (κ3) is 2.40. The molecular weight excluding hydrogens is 292 g/mol. The average Bonchev–Trinajstić information content (AvgIpc) is 2.69. The van der Waals surface area contributed by atoms with Crippen molar-refractivity contribution in [2.45, 2.75) is 24.7 Å². The first-order valence-electron chi connectivity index (χ1n) is 6.98. The van der Waals surface area contributed by atoms with Gasteiger partial charge in [-0.05, 0) is 23.6 Å². The lowest BCUT2D eigenvalue weighted by molar-refractivity contribution is 0.0983. The molecule has 1 aromatic rings. The standard InChI is InChI=1S/C14H18N2O4S/c1-9(2)11-7-10(16-3-5-20-6-4-16)8-12-13(11)14(17)15-21(12,18)19/h7-9H,3-6H2,1-2H3,(H,15,17). The Labute approximate surface area is 124 Å². The Kier molecular flexibility index (Phi) is 3.41. The van der Waals surface area contributed by atoms with Gasteiger partial charge in [-0.2, -0.15) is 0 Å². The van der Waals surface area contributed by atoms with Gasteiger partial charge >= 0.3 is 0 Å². The molecule has 0 radical (unpaired) electrons. The number of morpholine rings is 1. The van der Waals surface area contributed by atoms with E-state index in [1.54, 1.807) is 6.07 Å². The van der Waals surface area contributed by atoms with Gasteiger partial charge in [-0.25, -0.2) is 13.1 Å². The van der Waals surface area contributed by atoms with E-state index in [0.717, 1.165) is 24.3 Å². The maximum atomic E-state index is 12.1. The maximum Gasteiger partial charge on any atom is 0.266 e. The van der Waals surface area contributed by atoms with Gasteiger partial charge in [0.1, 0.15) is 4.90 Å². The summed E-state index contributed by atoms with van der Waals surface area (Å²) in [4.78, 5) is 14.2. The second kappa shape index (κ2) is 4.99.